The van der Waals surface area contributed by atoms with E-state index in [9.17, 15) is 13.2 Å². The van der Waals surface area contributed by atoms with Crippen LogP contribution in [0.15, 0.2) is 65.6 Å². The van der Waals surface area contributed by atoms with Crippen LogP contribution in [0.25, 0.3) is 0 Å². The second-order valence-electron chi connectivity index (χ2n) is 9.10. The monoisotopic (exact) mass is 455 g/mol. The van der Waals surface area contributed by atoms with E-state index in [0.717, 1.165) is 12.0 Å². The van der Waals surface area contributed by atoms with Gasteiger partial charge < -0.3 is 4.90 Å². The number of rotatable bonds is 7. The van der Waals surface area contributed by atoms with Crippen molar-refractivity contribution in [2.75, 3.05) is 19.6 Å². The minimum absolute atomic E-state index is 0.133. The summed E-state index contributed by atoms with van der Waals surface area (Å²) in [6.45, 7) is 5.79. The Bertz CT molecular complexity index is 1020. The topological polar surface area (TPSA) is 69.7 Å². The number of nitrogens with one attached hydrogen (secondary N) is 1. The highest BCUT2D eigenvalue weighted by atomic mass is 32.2. The minimum Gasteiger partial charge on any atom is -0.323 e. The van der Waals surface area contributed by atoms with E-state index in [1.165, 1.54) is 0 Å². The molecule has 32 heavy (non-hydrogen) atoms. The molecule has 2 aliphatic heterocycles. The fourth-order valence-corrected chi connectivity index (χ4v) is 6.27. The van der Waals surface area contributed by atoms with Crippen molar-refractivity contribution in [1.82, 2.24) is 14.5 Å². The van der Waals surface area contributed by atoms with Gasteiger partial charge in [-0.25, -0.2) is 8.42 Å². The highest BCUT2D eigenvalue weighted by molar-refractivity contribution is 7.89. The van der Waals surface area contributed by atoms with Crippen LogP contribution < -0.4 is 5.32 Å². The molecule has 4 rings (SSSR count). The number of benzene rings is 2. The zero-order valence-corrected chi connectivity index (χ0v) is 19.7. The van der Waals surface area contributed by atoms with Gasteiger partial charge in [-0.1, -0.05) is 68.8 Å². The number of carbonyl (C=O) groups excluding carboxylic acids is 1. The maximum atomic E-state index is 13.5. The maximum Gasteiger partial charge on any atom is 0.243 e. The van der Waals surface area contributed by atoms with Gasteiger partial charge in [0.2, 0.25) is 15.9 Å². The van der Waals surface area contributed by atoms with Crippen molar-refractivity contribution in [2.24, 2.45) is 5.92 Å². The van der Waals surface area contributed by atoms with E-state index in [0.29, 0.717) is 49.7 Å². The molecule has 0 saturated carbocycles. The summed E-state index contributed by atoms with van der Waals surface area (Å²) in [4.78, 5) is 15.8. The predicted molar refractivity (Wildman–Crippen MR) is 125 cm³/mol. The number of hydrogen-bond acceptors (Lipinski definition) is 4. The van der Waals surface area contributed by atoms with Gasteiger partial charge in [0.15, 0.2) is 0 Å². The van der Waals surface area contributed by atoms with E-state index >= 15 is 0 Å². The molecule has 1 N–H and O–H groups in total. The predicted octanol–water partition coefficient (Wildman–Crippen LogP) is 3.26. The molecule has 6 nitrogen and oxygen atoms in total. The maximum absolute atomic E-state index is 13.5. The quantitative estimate of drug-likeness (QED) is 0.696. The Kier molecular flexibility index (Phi) is 6.70. The smallest absolute Gasteiger partial charge is 0.243 e. The largest absolute Gasteiger partial charge is 0.323 e. The van der Waals surface area contributed by atoms with E-state index < -0.39 is 15.7 Å². The van der Waals surface area contributed by atoms with Crippen LogP contribution in [0.3, 0.4) is 0 Å². The number of nitrogens with zero attached hydrogens (tertiary/aromatic N) is 2. The molecule has 2 atom stereocenters. The Morgan fingerprint density at radius 2 is 1.62 bits per heavy atom. The molecule has 0 aliphatic carbocycles. The molecule has 0 unspecified atom stereocenters. The van der Waals surface area contributed by atoms with Gasteiger partial charge in [-0.2, -0.15) is 4.31 Å². The van der Waals surface area contributed by atoms with Crippen molar-refractivity contribution in [2.45, 2.75) is 56.1 Å². The van der Waals surface area contributed by atoms with Crippen LogP contribution in [0.1, 0.15) is 38.7 Å². The summed E-state index contributed by atoms with van der Waals surface area (Å²) in [6, 6.07) is 18.4. The SMILES string of the molecule is CC[C@H](C)CN1C(=O)[C@@H](Cc2ccccc2)NC12CCN(S(=O)(=O)c1ccccc1)CC2. The van der Waals surface area contributed by atoms with Crippen LogP contribution in [0, 0.1) is 5.92 Å². The number of sulfonamides is 1. The number of hydrogen-bond donors (Lipinski definition) is 1. The molecule has 2 aromatic carbocycles. The summed E-state index contributed by atoms with van der Waals surface area (Å²) >= 11 is 0. The lowest BCUT2D eigenvalue weighted by Gasteiger charge is -2.45. The Morgan fingerprint density at radius 3 is 2.22 bits per heavy atom. The third kappa shape index (κ3) is 4.47. The average molecular weight is 456 g/mol. The second kappa shape index (κ2) is 9.33. The van der Waals surface area contributed by atoms with Crippen molar-refractivity contribution in [3.05, 3.63) is 66.2 Å². The molecule has 2 aliphatic rings. The summed E-state index contributed by atoms with van der Waals surface area (Å²) in [5.41, 5.74) is 0.644. The van der Waals surface area contributed by atoms with Gasteiger partial charge in [0, 0.05) is 19.6 Å². The van der Waals surface area contributed by atoms with Gasteiger partial charge in [0.05, 0.1) is 16.6 Å². The van der Waals surface area contributed by atoms with Crippen LogP contribution in [-0.2, 0) is 21.2 Å². The summed E-state index contributed by atoms with van der Waals surface area (Å²) < 4.78 is 27.7. The average Bonchev–Trinajstić information content (AvgIpc) is 3.05. The van der Waals surface area contributed by atoms with Crippen molar-refractivity contribution >= 4 is 15.9 Å². The van der Waals surface area contributed by atoms with Crippen LogP contribution in [0.5, 0.6) is 0 Å². The summed E-state index contributed by atoms with van der Waals surface area (Å²) in [5.74, 6) is 0.521. The first-order valence-corrected chi connectivity index (χ1v) is 13.0. The van der Waals surface area contributed by atoms with Crippen molar-refractivity contribution in [3.8, 4) is 0 Å². The number of amides is 1. The van der Waals surface area contributed by atoms with Gasteiger partial charge in [0.1, 0.15) is 0 Å². The van der Waals surface area contributed by atoms with Gasteiger partial charge >= 0.3 is 0 Å². The summed E-state index contributed by atoms with van der Waals surface area (Å²) in [6.07, 6.45) is 2.82. The fraction of sp³-hybridized carbons (Fsp3) is 0.480. The molecule has 2 heterocycles. The van der Waals surface area contributed by atoms with Gasteiger partial charge in [-0.3, -0.25) is 10.1 Å². The standard InChI is InChI=1S/C25H33N3O3S/c1-3-20(2)19-28-24(29)23(18-21-10-6-4-7-11-21)26-25(28)14-16-27(17-15-25)32(30,31)22-12-8-5-9-13-22/h4-13,20,23,26H,3,14-19H2,1-2H3/t20-,23+/m0/s1. The first-order chi connectivity index (χ1) is 15.4. The lowest BCUT2D eigenvalue weighted by Crippen LogP contribution is -2.60. The van der Waals surface area contributed by atoms with Crippen LogP contribution in [0.4, 0.5) is 0 Å². The molecule has 2 fully saturated rings. The van der Waals surface area contributed by atoms with Crippen molar-refractivity contribution in [3.63, 3.8) is 0 Å². The molecule has 0 radical (unpaired) electrons. The third-order valence-corrected chi connectivity index (χ3v) is 8.84. The van der Waals surface area contributed by atoms with Gasteiger partial charge in [0.25, 0.3) is 0 Å². The van der Waals surface area contributed by atoms with Gasteiger partial charge in [-0.05, 0) is 42.9 Å². The van der Waals surface area contributed by atoms with Crippen LogP contribution in [-0.4, -0.2) is 54.9 Å². The van der Waals surface area contributed by atoms with Crippen LogP contribution in [0.2, 0.25) is 0 Å². The highest BCUT2D eigenvalue weighted by Gasteiger charge is 2.52. The van der Waals surface area contributed by atoms with E-state index in [-0.39, 0.29) is 11.9 Å². The minimum atomic E-state index is -3.53. The molecular formula is C25H33N3O3S. The first kappa shape index (κ1) is 23.0. The lowest BCUT2D eigenvalue weighted by atomic mass is 9.95. The Balaban J connectivity index is 1.54. The van der Waals surface area contributed by atoms with E-state index in [1.807, 2.05) is 41.3 Å². The molecule has 2 saturated heterocycles. The van der Waals surface area contributed by atoms with Crippen molar-refractivity contribution in [1.29, 1.82) is 0 Å². The van der Waals surface area contributed by atoms with Gasteiger partial charge in [-0.15, -0.1) is 0 Å². The summed E-state index contributed by atoms with van der Waals surface area (Å²) in [5, 5.41) is 3.65. The second-order valence-corrected chi connectivity index (χ2v) is 11.0. The van der Waals surface area contributed by atoms with E-state index in [2.05, 4.69) is 19.2 Å². The van der Waals surface area contributed by atoms with E-state index in [4.69, 9.17) is 0 Å². The zero-order valence-electron chi connectivity index (χ0n) is 18.9. The van der Waals surface area contributed by atoms with E-state index in [1.54, 1.807) is 28.6 Å². The molecule has 1 amide bonds. The molecule has 1 spiro atoms. The first-order valence-electron chi connectivity index (χ1n) is 11.5. The lowest BCUT2D eigenvalue weighted by molar-refractivity contribution is -0.134. The fourth-order valence-electron chi connectivity index (χ4n) is 4.81. The van der Waals surface area contributed by atoms with Crippen molar-refractivity contribution < 1.29 is 13.2 Å². The molecule has 2 aromatic rings. The van der Waals surface area contributed by atoms with Crippen LogP contribution >= 0.6 is 0 Å². The third-order valence-electron chi connectivity index (χ3n) is 6.93. The Labute approximate surface area is 191 Å². The highest BCUT2D eigenvalue weighted by Crippen LogP contribution is 2.35. The Hall–Kier alpha value is -2.22. The normalized spacial score (nSPS) is 22.4. The number of piperidine rings is 1. The molecule has 7 heteroatoms. The molecular weight excluding hydrogens is 422 g/mol. The molecule has 172 valence electrons. The molecule has 0 bridgehead atoms. The summed E-state index contributed by atoms with van der Waals surface area (Å²) in [7, 11) is -3.53. The molecule has 0 aromatic heterocycles. The zero-order chi connectivity index (χ0) is 22.8. The number of carbonyl (C=O) groups is 1. The Morgan fingerprint density at radius 1 is 1.03 bits per heavy atom.